The van der Waals surface area contributed by atoms with Crippen LogP contribution in [0, 0.1) is 0 Å². The minimum Gasteiger partial charge on any atom is -0.399 e. The van der Waals surface area contributed by atoms with Crippen LogP contribution in [-0.4, -0.2) is 44.6 Å². The Bertz CT molecular complexity index is 764. The molecule has 2 aliphatic rings. The van der Waals surface area contributed by atoms with Gasteiger partial charge in [-0.25, -0.2) is 0 Å². The van der Waals surface area contributed by atoms with Crippen molar-refractivity contribution in [2.75, 3.05) is 31.2 Å². The van der Waals surface area contributed by atoms with Crippen molar-refractivity contribution in [1.29, 1.82) is 0 Å². The molecule has 0 amide bonds. The molecule has 4 nitrogen and oxygen atoms in total. The Balaban J connectivity index is 1.48. The van der Waals surface area contributed by atoms with Crippen LogP contribution < -0.4 is 10.4 Å². The maximum atomic E-state index is 6.14. The number of nitrogens with zero attached hydrogens (tertiary/aromatic N) is 1. The molecule has 2 heterocycles. The van der Waals surface area contributed by atoms with Gasteiger partial charge in [-0.2, -0.15) is 0 Å². The lowest BCUT2D eigenvalue weighted by molar-refractivity contribution is 0.00578. The van der Waals surface area contributed by atoms with E-state index >= 15 is 0 Å². The molecule has 0 spiro atoms. The molecule has 0 aliphatic carbocycles. The highest BCUT2D eigenvalue weighted by atomic mass is 16.7. The van der Waals surface area contributed by atoms with Gasteiger partial charge in [0.1, 0.15) is 0 Å². The molecule has 4 rings (SSSR count). The Morgan fingerprint density at radius 2 is 1.22 bits per heavy atom. The van der Waals surface area contributed by atoms with Crippen molar-refractivity contribution in [3.63, 3.8) is 0 Å². The van der Waals surface area contributed by atoms with Crippen LogP contribution in [0.1, 0.15) is 27.7 Å². The van der Waals surface area contributed by atoms with Gasteiger partial charge >= 0.3 is 7.12 Å². The number of hydrogen-bond acceptors (Lipinski definition) is 4. The molecule has 0 unspecified atom stereocenters. The highest BCUT2D eigenvalue weighted by Gasteiger charge is 2.51. The van der Waals surface area contributed by atoms with Crippen LogP contribution in [0.3, 0.4) is 0 Å². The topological polar surface area (TPSA) is 30.9 Å². The normalized spacial score (nSPS) is 21.5. The van der Waals surface area contributed by atoms with Crippen LogP contribution in [0.25, 0.3) is 11.1 Å². The highest BCUT2D eigenvalue weighted by molar-refractivity contribution is 6.62. The van der Waals surface area contributed by atoms with Crippen LogP contribution in [0.4, 0.5) is 5.69 Å². The van der Waals surface area contributed by atoms with Gasteiger partial charge in [-0.1, -0.05) is 36.4 Å². The SMILES string of the molecule is CC1(C)OB(c2ccc(-c3ccc(N4CCOCC4)cc3)cc2)OC1(C)C. The number of rotatable bonds is 3. The van der Waals surface area contributed by atoms with E-state index in [0.717, 1.165) is 31.8 Å². The van der Waals surface area contributed by atoms with Gasteiger partial charge in [0.15, 0.2) is 0 Å². The Kier molecular flexibility index (Phi) is 4.79. The first-order chi connectivity index (χ1) is 12.9. The summed E-state index contributed by atoms with van der Waals surface area (Å²) in [6.07, 6.45) is 0. The second-order valence-electron chi connectivity index (χ2n) is 8.36. The molecule has 0 N–H and O–H groups in total. The number of anilines is 1. The van der Waals surface area contributed by atoms with Crippen LogP contribution >= 0.6 is 0 Å². The van der Waals surface area contributed by atoms with Crippen LogP contribution in [0.15, 0.2) is 48.5 Å². The van der Waals surface area contributed by atoms with E-state index in [4.69, 9.17) is 14.0 Å². The standard InChI is InChI=1S/C22H28BNO3/c1-21(2)22(3,4)27-23(26-21)19-9-5-17(6-10-19)18-7-11-20(12-8-18)24-13-15-25-16-14-24/h5-12H,13-16H2,1-4H3. The molecule has 2 aromatic rings. The van der Waals surface area contributed by atoms with Crippen LogP contribution in [0.5, 0.6) is 0 Å². The van der Waals surface area contributed by atoms with E-state index in [2.05, 4.69) is 81.1 Å². The van der Waals surface area contributed by atoms with Crippen molar-refractivity contribution in [2.24, 2.45) is 0 Å². The smallest absolute Gasteiger partial charge is 0.399 e. The van der Waals surface area contributed by atoms with Gasteiger partial charge in [-0.05, 0) is 56.4 Å². The first-order valence-corrected chi connectivity index (χ1v) is 9.74. The van der Waals surface area contributed by atoms with E-state index < -0.39 is 0 Å². The summed E-state index contributed by atoms with van der Waals surface area (Å²) in [4.78, 5) is 2.37. The molecule has 0 atom stereocenters. The average molecular weight is 365 g/mol. The van der Waals surface area contributed by atoms with Crippen LogP contribution in [-0.2, 0) is 14.0 Å². The van der Waals surface area contributed by atoms with E-state index in [1.807, 2.05) is 0 Å². The maximum Gasteiger partial charge on any atom is 0.494 e. The minimum absolute atomic E-state index is 0.312. The van der Waals surface area contributed by atoms with Crippen molar-refractivity contribution in [2.45, 2.75) is 38.9 Å². The summed E-state index contributed by atoms with van der Waals surface area (Å²) in [5.74, 6) is 0. The minimum atomic E-state index is -0.314. The largest absolute Gasteiger partial charge is 0.494 e. The third-order valence-corrected chi connectivity index (χ3v) is 6.01. The molecule has 2 saturated heterocycles. The fraction of sp³-hybridized carbons (Fsp3) is 0.455. The lowest BCUT2D eigenvalue weighted by Crippen LogP contribution is -2.41. The van der Waals surface area contributed by atoms with Gasteiger partial charge in [0.05, 0.1) is 24.4 Å². The van der Waals surface area contributed by atoms with Gasteiger partial charge in [0, 0.05) is 18.8 Å². The maximum absolute atomic E-state index is 6.14. The first kappa shape index (κ1) is 18.5. The number of hydrogen-bond donors (Lipinski definition) is 0. The fourth-order valence-electron chi connectivity index (χ4n) is 3.50. The van der Waals surface area contributed by atoms with E-state index in [9.17, 15) is 0 Å². The van der Waals surface area contributed by atoms with Gasteiger partial charge in [-0.15, -0.1) is 0 Å². The van der Waals surface area contributed by atoms with Crippen molar-refractivity contribution >= 4 is 18.3 Å². The zero-order valence-corrected chi connectivity index (χ0v) is 16.7. The van der Waals surface area contributed by atoms with Crippen molar-refractivity contribution in [3.05, 3.63) is 48.5 Å². The average Bonchev–Trinajstić information content (AvgIpc) is 2.90. The predicted molar refractivity (Wildman–Crippen MR) is 111 cm³/mol. The Morgan fingerprint density at radius 1 is 0.741 bits per heavy atom. The van der Waals surface area contributed by atoms with Crippen LogP contribution in [0.2, 0.25) is 0 Å². The fourth-order valence-corrected chi connectivity index (χ4v) is 3.50. The summed E-state index contributed by atoms with van der Waals surface area (Å²) in [7, 11) is -0.312. The monoisotopic (exact) mass is 365 g/mol. The van der Waals surface area contributed by atoms with Gasteiger partial charge in [-0.3, -0.25) is 0 Å². The summed E-state index contributed by atoms with van der Waals surface area (Å²) in [6.45, 7) is 11.9. The molecular formula is C22H28BNO3. The Morgan fingerprint density at radius 3 is 1.74 bits per heavy atom. The molecule has 0 saturated carbocycles. The molecule has 5 heteroatoms. The lowest BCUT2D eigenvalue weighted by atomic mass is 9.78. The van der Waals surface area contributed by atoms with Gasteiger partial charge in [0.25, 0.3) is 0 Å². The Hall–Kier alpha value is -1.82. The zero-order valence-electron chi connectivity index (χ0n) is 16.7. The molecule has 2 aliphatic heterocycles. The Labute approximate surface area is 162 Å². The summed E-state index contributed by atoms with van der Waals surface area (Å²) >= 11 is 0. The molecule has 2 aromatic carbocycles. The van der Waals surface area contributed by atoms with Crippen molar-refractivity contribution in [3.8, 4) is 11.1 Å². The van der Waals surface area contributed by atoms with Crippen molar-refractivity contribution < 1.29 is 14.0 Å². The van der Waals surface area contributed by atoms with Gasteiger partial charge in [0.2, 0.25) is 0 Å². The molecular weight excluding hydrogens is 337 g/mol. The molecule has 142 valence electrons. The second kappa shape index (κ2) is 6.97. The first-order valence-electron chi connectivity index (χ1n) is 9.74. The third kappa shape index (κ3) is 3.64. The third-order valence-electron chi connectivity index (χ3n) is 6.01. The summed E-state index contributed by atoms with van der Waals surface area (Å²) in [5.41, 5.74) is 4.10. The number of ether oxygens (including phenoxy) is 1. The quantitative estimate of drug-likeness (QED) is 0.780. The molecule has 2 fully saturated rings. The van der Waals surface area contributed by atoms with Crippen molar-refractivity contribution in [1.82, 2.24) is 0 Å². The molecule has 0 bridgehead atoms. The second-order valence-corrected chi connectivity index (χ2v) is 8.36. The van der Waals surface area contributed by atoms with E-state index in [1.165, 1.54) is 16.8 Å². The lowest BCUT2D eigenvalue weighted by Gasteiger charge is -2.32. The molecule has 27 heavy (non-hydrogen) atoms. The number of morpholine rings is 1. The van der Waals surface area contributed by atoms with Gasteiger partial charge < -0.3 is 18.9 Å². The van der Waals surface area contributed by atoms with E-state index in [0.29, 0.717) is 0 Å². The van der Waals surface area contributed by atoms with E-state index in [1.54, 1.807) is 0 Å². The molecule has 0 radical (unpaired) electrons. The molecule has 0 aromatic heterocycles. The summed E-state index contributed by atoms with van der Waals surface area (Å²) < 4.78 is 17.7. The highest BCUT2D eigenvalue weighted by Crippen LogP contribution is 2.36. The zero-order chi connectivity index (χ0) is 19.1. The van der Waals surface area contributed by atoms with E-state index in [-0.39, 0.29) is 18.3 Å². The number of benzene rings is 2. The predicted octanol–water partition coefficient (Wildman–Crippen LogP) is 3.49. The summed E-state index contributed by atoms with van der Waals surface area (Å²) in [5, 5.41) is 0. The summed E-state index contributed by atoms with van der Waals surface area (Å²) in [6, 6.07) is 17.3.